The Morgan fingerprint density at radius 2 is 2.09 bits per heavy atom. The molecule has 1 aliphatic heterocycles. The van der Waals surface area contributed by atoms with Crippen LogP contribution in [0.15, 0.2) is 48.0 Å². The number of anilines is 2. The molecule has 2 aromatic heterocycles. The van der Waals surface area contributed by atoms with Gasteiger partial charge in [0.1, 0.15) is 11.4 Å². The van der Waals surface area contributed by atoms with E-state index in [0.29, 0.717) is 36.2 Å². The smallest absolute Gasteiger partial charge is 0.410 e. The van der Waals surface area contributed by atoms with Gasteiger partial charge in [0.25, 0.3) is 5.91 Å². The van der Waals surface area contributed by atoms with Crippen molar-refractivity contribution >= 4 is 35.3 Å². The van der Waals surface area contributed by atoms with Gasteiger partial charge in [0.2, 0.25) is 0 Å². The number of nitrogens with zero attached hydrogens (tertiary/aromatic N) is 6. The van der Waals surface area contributed by atoms with Crippen molar-refractivity contribution in [1.82, 2.24) is 24.6 Å². The lowest BCUT2D eigenvalue weighted by atomic mass is 10.2. The SMILES string of the molecule is CSc1ncc2c(n1)NCCN(c1cccc(-n3cc(CN(C)C(=O)OC(C)C)cn3)c1)C2=O. The van der Waals surface area contributed by atoms with Crippen molar-refractivity contribution in [1.29, 1.82) is 0 Å². The maximum absolute atomic E-state index is 13.3. The van der Waals surface area contributed by atoms with Crippen LogP contribution < -0.4 is 10.2 Å². The Bertz CT molecular complexity index is 1200. The first-order valence-electron chi connectivity index (χ1n) is 10.9. The highest BCUT2D eigenvalue weighted by Gasteiger charge is 2.25. The van der Waals surface area contributed by atoms with E-state index in [1.807, 2.05) is 50.6 Å². The van der Waals surface area contributed by atoms with Gasteiger partial charge in [-0.25, -0.2) is 19.4 Å². The molecule has 178 valence electrons. The van der Waals surface area contributed by atoms with Crippen LogP contribution >= 0.6 is 11.8 Å². The number of benzene rings is 1. The minimum Gasteiger partial charge on any atom is -0.447 e. The van der Waals surface area contributed by atoms with Gasteiger partial charge in [-0.2, -0.15) is 5.10 Å². The van der Waals surface area contributed by atoms with Gasteiger partial charge in [0, 0.05) is 43.8 Å². The monoisotopic (exact) mass is 481 g/mol. The number of carbonyl (C=O) groups excluding carboxylic acids is 2. The van der Waals surface area contributed by atoms with E-state index in [1.54, 1.807) is 29.0 Å². The van der Waals surface area contributed by atoms with E-state index < -0.39 is 0 Å². The number of fused-ring (bicyclic) bond motifs is 1. The van der Waals surface area contributed by atoms with E-state index >= 15 is 0 Å². The summed E-state index contributed by atoms with van der Waals surface area (Å²) in [4.78, 5) is 37.2. The Morgan fingerprint density at radius 1 is 1.29 bits per heavy atom. The highest BCUT2D eigenvalue weighted by Crippen LogP contribution is 2.26. The van der Waals surface area contributed by atoms with E-state index in [4.69, 9.17) is 4.74 Å². The van der Waals surface area contributed by atoms with Crippen LogP contribution in [0, 0.1) is 0 Å². The van der Waals surface area contributed by atoms with Crippen LogP contribution in [-0.4, -0.2) is 69.1 Å². The van der Waals surface area contributed by atoms with Crippen LogP contribution in [0.25, 0.3) is 5.69 Å². The van der Waals surface area contributed by atoms with Gasteiger partial charge in [-0.3, -0.25) is 4.79 Å². The van der Waals surface area contributed by atoms with Gasteiger partial charge >= 0.3 is 6.09 Å². The molecule has 2 amide bonds. The van der Waals surface area contributed by atoms with Gasteiger partial charge in [-0.1, -0.05) is 17.8 Å². The van der Waals surface area contributed by atoms with E-state index in [9.17, 15) is 9.59 Å². The molecule has 10 nitrogen and oxygen atoms in total. The molecule has 3 aromatic rings. The van der Waals surface area contributed by atoms with Gasteiger partial charge in [-0.15, -0.1) is 0 Å². The topological polar surface area (TPSA) is 105 Å². The number of aromatic nitrogens is 4. The number of hydrogen-bond donors (Lipinski definition) is 1. The lowest BCUT2D eigenvalue weighted by Gasteiger charge is -2.21. The third-order valence-corrected chi connectivity index (χ3v) is 5.72. The molecule has 3 heterocycles. The van der Waals surface area contributed by atoms with Crippen molar-refractivity contribution < 1.29 is 14.3 Å². The highest BCUT2D eigenvalue weighted by atomic mass is 32.2. The minimum absolute atomic E-state index is 0.156. The Kier molecular flexibility index (Phi) is 7.01. The maximum atomic E-state index is 13.3. The molecular weight excluding hydrogens is 454 g/mol. The summed E-state index contributed by atoms with van der Waals surface area (Å²) in [5.74, 6) is 0.399. The molecule has 0 fully saturated rings. The van der Waals surface area contributed by atoms with Crippen molar-refractivity contribution in [2.75, 3.05) is 36.6 Å². The maximum Gasteiger partial charge on any atom is 0.410 e. The molecule has 0 unspecified atom stereocenters. The Balaban J connectivity index is 1.53. The zero-order valence-corrected chi connectivity index (χ0v) is 20.4. The number of carbonyl (C=O) groups is 2. The lowest BCUT2D eigenvalue weighted by molar-refractivity contribution is 0.0822. The first kappa shape index (κ1) is 23.6. The average Bonchev–Trinajstić information content (AvgIpc) is 3.22. The normalized spacial score (nSPS) is 13.3. The van der Waals surface area contributed by atoms with Crippen molar-refractivity contribution in [2.45, 2.75) is 31.7 Å². The number of nitrogens with one attached hydrogen (secondary N) is 1. The van der Waals surface area contributed by atoms with Crippen LogP contribution in [0.5, 0.6) is 0 Å². The molecule has 0 radical (unpaired) electrons. The summed E-state index contributed by atoms with van der Waals surface area (Å²) in [6, 6.07) is 7.61. The first-order chi connectivity index (χ1) is 16.4. The lowest BCUT2D eigenvalue weighted by Crippen LogP contribution is -2.32. The first-order valence-corrected chi connectivity index (χ1v) is 12.1. The third kappa shape index (κ3) is 5.14. The molecule has 0 saturated carbocycles. The quantitative estimate of drug-likeness (QED) is 0.422. The fourth-order valence-corrected chi connectivity index (χ4v) is 3.89. The molecule has 1 N–H and O–H groups in total. The molecular formula is C23H27N7O3S. The second-order valence-corrected chi connectivity index (χ2v) is 8.88. The molecule has 0 spiro atoms. The Labute approximate surface area is 202 Å². The molecule has 0 aliphatic carbocycles. The number of amides is 2. The van der Waals surface area contributed by atoms with Gasteiger partial charge < -0.3 is 19.9 Å². The largest absolute Gasteiger partial charge is 0.447 e. The summed E-state index contributed by atoms with van der Waals surface area (Å²) < 4.78 is 6.95. The van der Waals surface area contributed by atoms with Crippen molar-refractivity contribution in [3.8, 4) is 5.69 Å². The molecule has 11 heteroatoms. The fourth-order valence-electron chi connectivity index (χ4n) is 3.55. The Morgan fingerprint density at radius 3 is 2.85 bits per heavy atom. The molecule has 1 aromatic carbocycles. The Hall–Kier alpha value is -3.60. The van der Waals surface area contributed by atoms with Crippen LogP contribution in [0.1, 0.15) is 29.8 Å². The van der Waals surface area contributed by atoms with Crippen molar-refractivity contribution in [2.24, 2.45) is 0 Å². The summed E-state index contributed by atoms with van der Waals surface area (Å²) in [6.07, 6.45) is 6.48. The predicted octanol–water partition coefficient (Wildman–Crippen LogP) is 3.43. The zero-order chi connectivity index (χ0) is 24.2. The van der Waals surface area contributed by atoms with Crippen LogP contribution in [0.4, 0.5) is 16.3 Å². The molecule has 0 bridgehead atoms. The molecule has 1 aliphatic rings. The average molecular weight is 482 g/mol. The minimum atomic E-state index is -0.382. The number of hydrogen-bond acceptors (Lipinski definition) is 8. The number of ether oxygens (including phenoxy) is 1. The van der Waals surface area contributed by atoms with Crippen LogP contribution in [0.3, 0.4) is 0 Å². The molecule has 0 saturated heterocycles. The molecule has 4 rings (SSSR count). The van der Waals surface area contributed by atoms with E-state index in [0.717, 1.165) is 16.9 Å². The van der Waals surface area contributed by atoms with Crippen molar-refractivity contribution in [3.63, 3.8) is 0 Å². The number of thioether (sulfide) groups is 1. The summed E-state index contributed by atoms with van der Waals surface area (Å²) >= 11 is 1.43. The number of rotatable bonds is 6. The summed E-state index contributed by atoms with van der Waals surface area (Å²) in [7, 11) is 1.69. The molecule has 0 atom stereocenters. The second kappa shape index (κ2) is 10.1. The zero-order valence-electron chi connectivity index (χ0n) is 19.6. The van der Waals surface area contributed by atoms with E-state index in [-0.39, 0.29) is 18.1 Å². The van der Waals surface area contributed by atoms with Gasteiger partial charge in [-0.05, 0) is 38.3 Å². The van der Waals surface area contributed by atoms with Crippen molar-refractivity contribution in [3.05, 3.63) is 54.0 Å². The fraction of sp³-hybridized carbons (Fsp3) is 0.348. The van der Waals surface area contributed by atoms with E-state index in [1.165, 1.54) is 16.7 Å². The summed E-state index contributed by atoms with van der Waals surface area (Å²) in [6.45, 7) is 5.05. The summed E-state index contributed by atoms with van der Waals surface area (Å²) in [5.41, 5.74) is 2.86. The van der Waals surface area contributed by atoms with Crippen LogP contribution in [0.2, 0.25) is 0 Å². The van der Waals surface area contributed by atoms with Crippen LogP contribution in [-0.2, 0) is 11.3 Å². The predicted molar refractivity (Wildman–Crippen MR) is 131 cm³/mol. The highest BCUT2D eigenvalue weighted by molar-refractivity contribution is 7.98. The van der Waals surface area contributed by atoms with E-state index in [2.05, 4.69) is 20.4 Å². The van der Waals surface area contributed by atoms with Gasteiger partial charge in [0.15, 0.2) is 5.16 Å². The standard InChI is InChI=1S/C23H27N7O3S/c1-15(2)33-23(32)28(3)13-16-11-26-30(14-16)18-7-5-6-17(10-18)29-9-8-24-20-19(21(29)31)12-25-22(27-20)34-4/h5-7,10-12,14-15H,8-9,13H2,1-4H3,(H,24,25,27). The second-order valence-electron chi connectivity index (χ2n) is 8.10. The van der Waals surface area contributed by atoms with Gasteiger partial charge in [0.05, 0.1) is 24.5 Å². The third-order valence-electron chi connectivity index (χ3n) is 5.16. The summed E-state index contributed by atoms with van der Waals surface area (Å²) in [5, 5.41) is 8.29. The molecule has 34 heavy (non-hydrogen) atoms.